The molecule has 2 heterocycles. The molecule has 2 aromatic heterocycles. The molecule has 0 saturated carbocycles. The van der Waals surface area contributed by atoms with Gasteiger partial charge in [-0.25, -0.2) is 14.5 Å². The summed E-state index contributed by atoms with van der Waals surface area (Å²) in [6.07, 6.45) is 0.241. The second-order valence-electron chi connectivity index (χ2n) is 11.0. The average molecular weight is 634 g/mol. The number of hydrogen-bond acceptors (Lipinski definition) is 9. The smallest absolute Gasteiger partial charge is 0.459 e. The van der Waals surface area contributed by atoms with Crippen LogP contribution >= 0.6 is 7.75 Å². The zero-order valence-corrected chi connectivity index (χ0v) is 27.1. The number of para-hydroxylation sites is 1. The normalized spacial score (nSPS) is 14.5. The standard InChI is InChI=1S/C33H40N5O6P/c1-6-25(38-29(20-41-7-2)36-30-31(38)27-14-10-11-15-28(27)35-32(30)34)19-42-45(40,37-22(5)33(39)43-21(3)4)44-26-17-16-23-12-8-9-13-24(23)18-26/h8-18,21-22,25H,6-7,19-20H2,1-5H3,(H2,34,35)(H,37,40)/t22-,25-,45-/m0/s1. The third-order valence-corrected chi connectivity index (χ3v) is 8.98. The van der Waals surface area contributed by atoms with Crippen molar-refractivity contribution in [3.8, 4) is 5.75 Å². The Morgan fingerprint density at radius 1 is 1.00 bits per heavy atom. The molecule has 0 radical (unpaired) electrons. The van der Waals surface area contributed by atoms with E-state index in [0.29, 0.717) is 35.9 Å². The maximum Gasteiger partial charge on any atom is 0.459 e. The van der Waals surface area contributed by atoms with Gasteiger partial charge in [0.05, 0.1) is 29.8 Å². The summed E-state index contributed by atoms with van der Waals surface area (Å²) in [6, 6.07) is 19.5. The molecule has 11 nitrogen and oxygen atoms in total. The van der Waals surface area contributed by atoms with Gasteiger partial charge in [0, 0.05) is 12.0 Å². The summed E-state index contributed by atoms with van der Waals surface area (Å²) >= 11 is 0. The van der Waals surface area contributed by atoms with Gasteiger partial charge < -0.3 is 24.3 Å². The van der Waals surface area contributed by atoms with E-state index < -0.39 is 19.8 Å². The minimum Gasteiger partial charge on any atom is -0.462 e. The molecule has 0 aliphatic rings. The highest BCUT2D eigenvalue weighted by Gasteiger charge is 2.34. The molecule has 0 amide bonds. The van der Waals surface area contributed by atoms with Crippen LogP contribution in [0.5, 0.6) is 5.75 Å². The summed E-state index contributed by atoms with van der Waals surface area (Å²) in [6.45, 7) is 9.66. The first-order valence-electron chi connectivity index (χ1n) is 15.2. The maximum absolute atomic E-state index is 14.5. The number of nitrogen functional groups attached to an aromatic ring is 1. The van der Waals surface area contributed by atoms with Crippen molar-refractivity contribution >= 4 is 52.2 Å². The first-order valence-corrected chi connectivity index (χ1v) is 16.7. The van der Waals surface area contributed by atoms with Crippen LogP contribution in [0.1, 0.15) is 52.9 Å². The van der Waals surface area contributed by atoms with Crippen molar-refractivity contribution in [1.82, 2.24) is 19.6 Å². The molecule has 0 aliphatic carbocycles. The zero-order valence-electron chi connectivity index (χ0n) is 26.2. The summed E-state index contributed by atoms with van der Waals surface area (Å²) < 4.78 is 39.8. The molecule has 0 saturated heterocycles. The van der Waals surface area contributed by atoms with E-state index in [9.17, 15) is 9.36 Å². The molecule has 3 aromatic carbocycles. The number of nitrogens with two attached hydrogens (primary N) is 1. The molecular weight excluding hydrogens is 593 g/mol. The second kappa shape index (κ2) is 14.0. The lowest BCUT2D eigenvalue weighted by Gasteiger charge is -2.26. The lowest BCUT2D eigenvalue weighted by molar-refractivity contribution is -0.149. The molecule has 0 unspecified atom stereocenters. The van der Waals surface area contributed by atoms with Crippen LogP contribution in [0.3, 0.4) is 0 Å². The Bertz CT molecular complexity index is 1860. The summed E-state index contributed by atoms with van der Waals surface area (Å²) in [5.74, 6) is 0.703. The predicted octanol–water partition coefficient (Wildman–Crippen LogP) is 6.94. The van der Waals surface area contributed by atoms with Crippen molar-refractivity contribution in [3.63, 3.8) is 0 Å². The Morgan fingerprint density at radius 2 is 1.73 bits per heavy atom. The number of pyridine rings is 1. The number of anilines is 1. The lowest BCUT2D eigenvalue weighted by Crippen LogP contribution is -2.36. The van der Waals surface area contributed by atoms with Crippen molar-refractivity contribution in [2.45, 2.75) is 65.8 Å². The number of ether oxygens (including phenoxy) is 2. The van der Waals surface area contributed by atoms with Gasteiger partial charge in [-0.05, 0) is 63.1 Å². The van der Waals surface area contributed by atoms with Gasteiger partial charge in [-0.3, -0.25) is 9.32 Å². The quantitative estimate of drug-likeness (QED) is 0.0976. The monoisotopic (exact) mass is 633 g/mol. The zero-order chi connectivity index (χ0) is 32.1. The molecule has 5 rings (SSSR count). The summed E-state index contributed by atoms with van der Waals surface area (Å²) in [5.41, 5.74) is 8.46. The number of rotatable bonds is 14. The molecule has 12 heteroatoms. The first-order chi connectivity index (χ1) is 21.6. The molecule has 0 bridgehead atoms. The predicted molar refractivity (Wildman–Crippen MR) is 176 cm³/mol. The molecule has 5 aromatic rings. The SMILES string of the molecule is CCOCc1nc2c(N)nc3ccccc3c2n1[C@@H](CC)CO[P@@](=O)(N[C@@H](C)C(=O)OC(C)C)Oc1ccc2ccccc2c1. The van der Waals surface area contributed by atoms with Crippen LogP contribution in [0.4, 0.5) is 5.82 Å². The van der Waals surface area contributed by atoms with E-state index in [-0.39, 0.29) is 25.4 Å². The maximum atomic E-state index is 14.5. The van der Waals surface area contributed by atoms with Gasteiger partial charge in [-0.15, -0.1) is 0 Å². The Hall–Kier alpha value is -4.02. The van der Waals surface area contributed by atoms with Crippen molar-refractivity contribution in [2.75, 3.05) is 18.9 Å². The topological polar surface area (TPSA) is 140 Å². The fourth-order valence-corrected chi connectivity index (χ4v) is 6.71. The number of fused-ring (bicyclic) bond motifs is 4. The molecule has 45 heavy (non-hydrogen) atoms. The number of esters is 1. The van der Waals surface area contributed by atoms with Gasteiger partial charge in [0.2, 0.25) is 0 Å². The van der Waals surface area contributed by atoms with Crippen molar-refractivity contribution < 1.29 is 27.9 Å². The second-order valence-corrected chi connectivity index (χ2v) is 12.7. The number of carbonyl (C=O) groups is 1. The van der Waals surface area contributed by atoms with E-state index in [0.717, 1.165) is 27.2 Å². The first kappa shape index (κ1) is 32.4. The largest absolute Gasteiger partial charge is 0.462 e. The van der Waals surface area contributed by atoms with Crippen LogP contribution in [-0.2, 0) is 30.0 Å². The third kappa shape index (κ3) is 7.28. The Kier molecular flexibility index (Phi) is 10.0. The summed E-state index contributed by atoms with van der Waals surface area (Å²) in [5, 5.41) is 5.58. The van der Waals surface area contributed by atoms with Gasteiger partial charge in [-0.2, -0.15) is 5.09 Å². The fourth-order valence-electron chi connectivity index (χ4n) is 5.19. The van der Waals surface area contributed by atoms with E-state index >= 15 is 0 Å². The summed E-state index contributed by atoms with van der Waals surface area (Å²) in [4.78, 5) is 22.1. The highest BCUT2D eigenvalue weighted by molar-refractivity contribution is 7.52. The number of nitrogens with zero attached hydrogens (tertiary/aromatic N) is 3. The molecule has 3 atom stereocenters. The number of carbonyl (C=O) groups excluding carboxylic acids is 1. The van der Waals surface area contributed by atoms with E-state index in [1.165, 1.54) is 0 Å². The van der Waals surface area contributed by atoms with E-state index in [2.05, 4.69) is 10.1 Å². The van der Waals surface area contributed by atoms with Gasteiger partial charge >= 0.3 is 13.7 Å². The summed E-state index contributed by atoms with van der Waals surface area (Å²) in [7, 11) is -4.15. The Labute approximate surface area is 262 Å². The third-order valence-electron chi connectivity index (χ3n) is 7.34. The number of aromatic nitrogens is 3. The van der Waals surface area contributed by atoms with Crippen LogP contribution < -0.4 is 15.3 Å². The number of imidazole rings is 1. The molecule has 0 spiro atoms. The van der Waals surface area contributed by atoms with E-state index in [1.54, 1.807) is 32.9 Å². The number of hydrogen-bond donors (Lipinski definition) is 2. The molecule has 3 N–H and O–H groups in total. The Morgan fingerprint density at radius 3 is 2.47 bits per heavy atom. The van der Waals surface area contributed by atoms with Crippen LogP contribution in [0.2, 0.25) is 0 Å². The number of nitrogens with one attached hydrogen (secondary N) is 1. The van der Waals surface area contributed by atoms with E-state index in [4.69, 9.17) is 29.2 Å². The average Bonchev–Trinajstić information content (AvgIpc) is 3.40. The van der Waals surface area contributed by atoms with E-state index in [1.807, 2.05) is 73.0 Å². The van der Waals surface area contributed by atoms with Crippen molar-refractivity contribution in [1.29, 1.82) is 0 Å². The minimum absolute atomic E-state index is 0.0402. The van der Waals surface area contributed by atoms with Gasteiger partial charge in [0.25, 0.3) is 0 Å². The van der Waals surface area contributed by atoms with Gasteiger partial charge in [0.15, 0.2) is 5.82 Å². The van der Waals surface area contributed by atoms with Crippen molar-refractivity contribution in [2.24, 2.45) is 0 Å². The lowest BCUT2D eigenvalue weighted by atomic mass is 10.1. The Balaban J connectivity index is 1.52. The van der Waals surface area contributed by atoms with Gasteiger partial charge in [0.1, 0.15) is 29.7 Å². The highest BCUT2D eigenvalue weighted by atomic mass is 31.2. The molecular formula is C33H40N5O6P. The highest BCUT2D eigenvalue weighted by Crippen LogP contribution is 2.47. The van der Waals surface area contributed by atoms with Crippen LogP contribution in [0.15, 0.2) is 66.7 Å². The van der Waals surface area contributed by atoms with Crippen LogP contribution in [0, 0.1) is 0 Å². The molecule has 0 aliphatic heterocycles. The van der Waals surface area contributed by atoms with Gasteiger partial charge in [-0.1, -0.05) is 55.5 Å². The number of benzene rings is 3. The fraction of sp³-hybridized carbons (Fsp3) is 0.364. The van der Waals surface area contributed by atoms with Crippen LogP contribution in [-0.4, -0.2) is 45.9 Å². The van der Waals surface area contributed by atoms with Crippen molar-refractivity contribution in [3.05, 3.63) is 72.6 Å². The molecule has 238 valence electrons. The van der Waals surface area contributed by atoms with Crippen LogP contribution in [0.25, 0.3) is 32.7 Å². The molecule has 0 fully saturated rings. The minimum atomic E-state index is -4.15.